The van der Waals surface area contributed by atoms with Crippen LogP contribution in [0.15, 0.2) is 18.6 Å². The minimum absolute atomic E-state index is 0.0565. The molecule has 1 aromatic heterocycles. The molecule has 0 spiro atoms. The zero-order valence-corrected chi connectivity index (χ0v) is 8.92. The average molecular weight is 223 g/mol. The monoisotopic (exact) mass is 223 g/mol. The number of nitrogens with zero attached hydrogens (tertiary/aromatic N) is 2. The topological polar surface area (TPSA) is 73.3 Å². The van der Waals surface area contributed by atoms with Crippen LogP contribution in [0.3, 0.4) is 0 Å². The highest BCUT2D eigenvalue weighted by Crippen LogP contribution is 2.14. The maximum absolute atomic E-state index is 11.2. The Hall–Kier alpha value is -1.69. The molecule has 1 aromatic rings. The lowest BCUT2D eigenvalue weighted by Crippen LogP contribution is -2.31. The van der Waals surface area contributed by atoms with Gasteiger partial charge < -0.3 is 14.8 Å². The first-order valence-electron chi connectivity index (χ1n) is 5.03. The lowest BCUT2D eigenvalue weighted by Gasteiger charge is -2.10. The Bertz CT molecular complexity index is 358. The van der Waals surface area contributed by atoms with Crippen molar-refractivity contribution in [3.05, 3.63) is 18.6 Å². The van der Waals surface area contributed by atoms with Gasteiger partial charge in [0.1, 0.15) is 18.5 Å². The second-order valence-corrected chi connectivity index (χ2v) is 3.51. The second-order valence-electron chi connectivity index (χ2n) is 3.51. The molecule has 0 saturated carbocycles. The highest BCUT2D eigenvalue weighted by atomic mass is 16.5. The van der Waals surface area contributed by atoms with E-state index < -0.39 is 0 Å². The van der Waals surface area contributed by atoms with Crippen molar-refractivity contribution in [1.82, 2.24) is 15.3 Å². The van der Waals surface area contributed by atoms with Gasteiger partial charge in [-0.3, -0.25) is 4.79 Å². The molecule has 0 bridgehead atoms. The summed E-state index contributed by atoms with van der Waals surface area (Å²) in [6.07, 6.45) is 3.58. The quantitative estimate of drug-likeness (QED) is 0.713. The molecule has 1 saturated heterocycles. The first-order valence-corrected chi connectivity index (χ1v) is 5.03. The van der Waals surface area contributed by atoms with Crippen molar-refractivity contribution in [3.8, 4) is 5.88 Å². The molecule has 2 rings (SSSR count). The molecule has 1 N–H and O–H groups in total. The Morgan fingerprint density at radius 2 is 2.50 bits per heavy atom. The molecule has 1 fully saturated rings. The van der Waals surface area contributed by atoms with Crippen LogP contribution in [-0.4, -0.2) is 41.7 Å². The van der Waals surface area contributed by atoms with Gasteiger partial charge in [-0.25, -0.2) is 9.97 Å². The fourth-order valence-electron chi connectivity index (χ4n) is 1.63. The Labute approximate surface area is 93.0 Å². The van der Waals surface area contributed by atoms with Gasteiger partial charge in [0.25, 0.3) is 0 Å². The van der Waals surface area contributed by atoms with Gasteiger partial charge in [-0.2, -0.15) is 0 Å². The van der Waals surface area contributed by atoms with Crippen LogP contribution in [0.1, 0.15) is 6.42 Å². The van der Waals surface area contributed by atoms with Crippen molar-refractivity contribution in [2.24, 2.45) is 0 Å². The first kappa shape index (κ1) is 10.8. The predicted molar refractivity (Wildman–Crippen MR) is 54.9 cm³/mol. The number of hydrogen-bond donors (Lipinski definition) is 1. The molecule has 6 nitrogen and oxygen atoms in total. The van der Waals surface area contributed by atoms with Crippen LogP contribution in [0, 0.1) is 0 Å². The Morgan fingerprint density at radius 3 is 3.19 bits per heavy atom. The summed E-state index contributed by atoms with van der Waals surface area (Å²) in [6, 6.07) is 1.41. The van der Waals surface area contributed by atoms with E-state index >= 15 is 0 Å². The van der Waals surface area contributed by atoms with Gasteiger partial charge in [-0.1, -0.05) is 0 Å². The van der Waals surface area contributed by atoms with Crippen LogP contribution >= 0.6 is 0 Å². The first-order chi connectivity index (χ1) is 7.79. The van der Waals surface area contributed by atoms with Gasteiger partial charge >= 0.3 is 5.97 Å². The second kappa shape index (κ2) is 4.89. The van der Waals surface area contributed by atoms with Gasteiger partial charge in [0.2, 0.25) is 5.88 Å². The zero-order chi connectivity index (χ0) is 11.4. The van der Waals surface area contributed by atoms with Gasteiger partial charge in [-0.15, -0.1) is 0 Å². The largest absolute Gasteiger partial charge is 0.473 e. The number of carbonyl (C=O) groups is 1. The molecule has 0 radical (unpaired) electrons. The maximum Gasteiger partial charge on any atom is 0.323 e. The standard InChI is InChI=1S/C10H13N3O3/c1-15-10(14)8-4-7(5-12-8)16-9-2-3-11-6-13-9/h2-3,6-8,12H,4-5H2,1H3/t7-,8-/m0/s1. The predicted octanol–water partition coefficient (Wildman–Crippen LogP) is -0.241. The number of ether oxygens (including phenoxy) is 2. The molecule has 16 heavy (non-hydrogen) atoms. The van der Waals surface area contributed by atoms with E-state index in [-0.39, 0.29) is 18.1 Å². The average Bonchev–Trinajstić information content (AvgIpc) is 2.78. The normalized spacial score (nSPS) is 24.1. The number of carbonyl (C=O) groups excluding carboxylic acids is 1. The Kier molecular flexibility index (Phi) is 3.31. The number of esters is 1. The number of nitrogens with one attached hydrogen (secondary N) is 1. The summed E-state index contributed by atoms with van der Waals surface area (Å²) in [6.45, 7) is 0.615. The van der Waals surface area contributed by atoms with E-state index in [0.29, 0.717) is 18.8 Å². The molecular weight excluding hydrogens is 210 g/mol. The summed E-state index contributed by atoms with van der Waals surface area (Å²) >= 11 is 0. The Morgan fingerprint density at radius 1 is 1.62 bits per heavy atom. The molecule has 1 aliphatic heterocycles. The number of hydrogen-bond acceptors (Lipinski definition) is 6. The minimum atomic E-state index is -0.281. The third kappa shape index (κ3) is 2.46. The molecule has 0 aromatic carbocycles. The molecule has 0 aliphatic carbocycles. The van der Waals surface area contributed by atoms with Crippen LogP contribution in [0.5, 0.6) is 5.88 Å². The molecule has 86 valence electrons. The molecule has 2 heterocycles. The summed E-state index contributed by atoms with van der Waals surface area (Å²) in [7, 11) is 1.38. The Balaban J connectivity index is 1.88. The van der Waals surface area contributed by atoms with Gasteiger partial charge in [0.05, 0.1) is 7.11 Å². The summed E-state index contributed by atoms with van der Waals surface area (Å²) in [4.78, 5) is 19.0. The number of methoxy groups -OCH3 is 1. The lowest BCUT2D eigenvalue weighted by molar-refractivity contribution is -0.142. The molecule has 0 amide bonds. The molecule has 2 atom stereocenters. The van der Waals surface area contributed by atoms with Crippen LogP contribution in [0.4, 0.5) is 0 Å². The summed E-state index contributed by atoms with van der Waals surface area (Å²) < 4.78 is 10.2. The van der Waals surface area contributed by atoms with Crippen LogP contribution in [0.25, 0.3) is 0 Å². The SMILES string of the molecule is COC(=O)[C@@H]1C[C@H](Oc2ccncn2)CN1. The van der Waals surface area contributed by atoms with Crippen molar-refractivity contribution >= 4 is 5.97 Å². The van der Waals surface area contributed by atoms with E-state index in [1.54, 1.807) is 12.3 Å². The fraction of sp³-hybridized carbons (Fsp3) is 0.500. The summed E-state index contributed by atoms with van der Waals surface area (Å²) in [5.74, 6) is 0.265. The van der Waals surface area contributed by atoms with Crippen molar-refractivity contribution in [2.45, 2.75) is 18.6 Å². The van der Waals surface area contributed by atoms with Crippen molar-refractivity contribution in [2.75, 3.05) is 13.7 Å². The summed E-state index contributed by atoms with van der Waals surface area (Å²) in [5, 5.41) is 3.03. The summed E-state index contributed by atoms with van der Waals surface area (Å²) in [5.41, 5.74) is 0. The highest BCUT2D eigenvalue weighted by molar-refractivity contribution is 5.76. The lowest BCUT2D eigenvalue weighted by atomic mass is 10.2. The molecule has 6 heteroatoms. The van der Waals surface area contributed by atoms with Crippen molar-refractivity contribution in [3.63, 3.8) is 0 Å². The number of aromatic nitrogens is 2. The van der Waals surface area contributed by atoms with Gasteiger partial charge in [0, 0.05) is 25.2 Å². The van der Waals surface area contributed by atoms with E-state index in [1.807, 2.05) is 0 Å². The third-order valence-electron chi connectivity index (χ3n) is 2.42. The molecule has 0 unspecified atom stereocenters. The van der Waals surface area contributed by atoms with E-state index in [1.165, 1.54) is 13.4 Å². The van der Waals surface area contributed by atoms with E-state index in [4.69, 9.17) is 4.74 Å². The van der Waals surface area contributed by atoms with Gasteiger partial charge in [0.15, 0.2) is 0 Å². The smallest absolute Gasteiger partial charge is 0.323 e. The van der Waals surface area contributed by atoms with E-state index in [9.17, 15) is 4.79 Å². The third-order valence-corrected chi connectivity index (χ3v) is 2.42. The van der Waals surface area contributed by atoms with Crippen LogP contribution in [0.2, 0.25) is 0 Å². The van der Waals surface area contributed by atoms with E-state index in [2.05, 4.69) is 20.0 Å². The van der Waals surface area contributed by atoms with Gasteiger partial charge in [-0.05, 0) is 0 Å². The van der Waals surface area contributed by atoms with Crippen LogP contribution < -0.4 is 10.1 Å². The van der Waals surface area contributed by atoms with E-state index in [0.717, 1.165) is 0 Å². The number of rotatable bonds is 3. The highest BCUT2D eigenvalue weighted by Gasteiger charge is 2.31. The molecular formula is C10H13N3O3. The minimum Gasteiger partial charge on any atom is -0.473 e. The fourth-order valence-corrected chi connectivity index (χ4v) is 1.63. The maximum atomic E-state index is 11.2. The molecule has 1 aliphatic rings. The van der Waals surface area contributed by atoms with Crippen molar-refractivity contribution in [1.29, 1.82) is 0 Å². The zero-order valence-electron chi connectivity index (χ0n) is 8.92. The van der Waals surface area contributed by atoms with Crippen LogP contribution in [-0.2, 0) is 9.53 Å². The van der Waals surface area contributed by atoms with Crippen molar-refractivity contribution < 1.29 is 14.3 Å².